The van der Waals surface area contributed by atoms with Crippen LogP contribution in [0, 0.1) is 17.2 Å². The van der Waals surface area contributed by atoms with Crippen LogP contribution in [-0.2, 0) is 9.59 Å². The number of carbonyl (C=O) groups excluding carboxylic acids is 2. The van der Waals surface area contributed by atoms with Crippen LogP contribution in [0.15, 0.2) is 10.6 Å². The maximum Gasteiger partial charge on any atom is 0.269 e. The molecule has 15 heavy (non-hydrogen) atoms. The Balaban J connectivity index is 3.16. The fourth-order valence-corrected chi connectivity index (χ4v) is 1.69. The zero-order chi connectivity index (χ0) is 11.8. The maximum atomic E-state index is 11.7. The Morgan fingerprint density at radius 1 is 1.53 bits per heavy atom. The van der Waals surface area contributed by atoms with E-state index in [0.29, 0.717) is 0 Å². The first-order chi connectivity index (χ1) is 6.84. The van der Waals surface area contributed by atoms with Crippen LogP contribution in [-0.4, -0.2) is 22.3 Å². The molecule has 0 aliphatic carbocycles. The van der Waals surface area contributed by atoms with Gasteiger partial charge in [0.1, 0.15) is 5.54 Å². The summed E-state index contributed by atoms with van der Waals surface area (Å²) in [6.45, 7) is 5.19. The third-order valence-corrected chi connectivity index (χ3v) is 3.26. The number of imide groups is 1. The van der Waals surface area contributed by atoms with Crippen molar-refractivity contribution in [3.63, 3.8) is 0 Å². The summed E-state index contributed by atoms with van der Waals surface area (Å²) in [5, 5.41) is 9.10. The minimum Gasteiger partial charge on any atom is -0.269 e. The second-order valence-electron chi connectivity index (χ2n) is 3.89. The third-order valence-electron chi connectivity index (χ3n) is 2.69. The Kier molecular flexibility index (Phi) is 3.00. The molecule has 80 valence electrons. The van der Waals surface area contributed by atoms with Crippen molar-refractivity contribution >= 4 is 27.7 Å². The number of carbonyl (C=O) groups is 2. The Bertz CT molecular complexity index is 395. The molecule has 1 unspecified atom stereocenters. The molecule has 0 fully saturated rings. The molecule has 0 N–H and O–H groups in total. The van der Waals surface area contributed by atoms with Crippen molar-refractivity contribution in [2.75, 3.05) is 0 Å². The monoisotopic (exact) mass is 270 g/mol. The summed E-state index contributed by atoms with van der Waals surface area (Å²) < 4.78 is 0.203. The van der Waals surface area contributed by atoms with E-state index < -0.39 is 17.4 Å². The normalized spacial score (nSPS) is 20.3. The van der Waals surface area contributed by atoms with Gasteiger partial charge in [-0.1, -0.05) is 13.8 Å². The highest BCUT2D eigenvalue weighted by atomic mass is 79.9. The van der Waals surface area contributed by atoms with Gasteiger partial charge in [0.25, 0.3) is 11.8 Å². The van der Waals surface area contributed by atoms with E-state index >= 15 is 0 Å². The summed E-state index contributed by atoms with van der Waals surface area (Å²) in [7, 11) is 0. The molecule has 0 saturated carbocycles. The van der Waals surface area contributed by atoms with Crippen molar-refractivity contribution in [1.82, 2.24) is 4.90 Å². The molecular formula is C10H11BrN2O2. The summed E-state index contributed by atoms with van der Waals surface area (Å²) in [5.41, 5.74) is -1.10. The van der Waals surface area contributed by atoms with E-state index in [2.05, 4.69) is 15.9 Å². The molecular weight excluding hydrogens is 260 g/mol. The van der Waals surface area contributed by atoms with Gasteiger partial charge < -0.3 is 0 Å². The molecule has 0 radical (unpaired) electrons. The Labute approximate surface area is 96.7 Å². The topological polar surface area (TPSA) is 61.2 Å². The van der Waals surface area contributed by atoms with Gasteiger partial charge in [-0.3, -0.25) is 14.5 Å². The highest BCUT2D eigenvalue weighted by Crippen LogP contribution is 2.31. The number of hydrogen-bond donors (Lipinski definition) is 0. The van der Waals surface area contributed by atoms with Gasteiger partial charge in [-0.25, -0.2) is 0 Å². The summed E-state index contributed by atoms with van der Waals surface area (Å²) in [4.78, 5) is 24.2. The quantitative estimate of drug-likeness (QED) is 0.716. The Morgan fingerprint density at radius 2 is 2.07 bits per heavy atom. The lowest BCUT2D eigenvalue weighted by Crippen LogP contribution is -2.52. The van der Waals surface area contributed by atoms with Crippen LogP contribution in [0.3, 0.4) is 0 Å². The molecule has 1 aliphatic heterocycles. The largest absolute Gasteiger partial charge is 0.269 e. The van der Waals surface area contributed by atoms with Gasteiger partial charge in [-0.15, -0.1) is 0 Å². The van der Waals surface area contributed by atoms with Crippen LogP contribution in [0.1, 0.15) is 20.8 Å². The average Bonchev–Trinajstić information content (AvgIpc) is 2.40. The van der Waals surface area contributed by atoms with E-state index in [9.17, 15) is 9.59 Å². The summed E-state index contributed by atoms with van der Waals surface area (Å²) >= 11 is 2.99. The number of halogens is 1. The standard InChI is InChI=1S/C10H11BrN2O2/c1-6(2)10(3,5-12)13-8(14)4-7(11)9(13)15/h4,6H,1-3H3. The number of nitrogens with zero attached hydrogens (tertiary/aromatic N) is 2. The van der Waals surface area contributed by atoms with Crippen molar-refractivity contribution in [3.8, 4) is 6.07 Å². The van der Waals surface area contributed by atoms with Crippen LogP contribution in [0.2, 0.25) is 0 Å². The van der Waals surface area contributed by atoms with Crippen LogP contribution in [0.4, 0.5) is 0 Å². The molecule has 2 amide bonds. The van der Waals surface area contributed by atoms with E-state index in [1.807, 2.05) is 6.07 Å². The second-order valence-corrected chi connectivity index (χ2v) is 4.74. The minimum absolute atomic E-state index is 0.123. The van der Waals surface area contributed by atoms with Gasteiger partial charge in [0.15, 0.2) is 0 Å². The van der Waals surface area contributed by atoms with E-state index in [0.717, 1.165) is 4.90 Å². The first kappa shape index (κ1) is 11.9. The lowest BCUT2D eigenvalue weighted by molar-refractivity contribution is -0.142. The van der Waals surface area contributed by atoms with E-state index in [1.54, 1.807) is 20.8 Å². The molecule has 5 heteroatoms. The van der Waals surface area contributed by atoms with E-state index in [-0.39, 0.29) is 10.4 Å². The molecule has 0 saturated heterocycles. The lowest BCUT2D eigenvalue weighted by atomic mass is 9.88. The maximum absolute atomic E-state index is 11.7. The summed E-state index contributed by atoms with van der Waals surface area (Å²) in [5.74, 6) is -1.01. The predicted molar refractivity (Wildman–Crippen MR) is 57.7 cm³/mol. The zero-order valence-electron chi connectivity index (χ0n) is 8.74. The third kappa shape index (κ3) is 1.70. The van der Waals surface area contributed by atoms with Crippen molar-refractivity contribution in [2.45, 2.75) is 26.3 Å². The van der Waals surface area contributed by atoms with Gasteiger partial charge in [0, 0.05) is 6.08 Å². The van der Waals surface area contributed by atoms with E-state index in [4.69, 9.17) is 5.26 Å². The molecule has 1 rings (SSSR count). The lowest BCUT2D eigenvalue weighted by Gasteiger charge is -2.34. The van der Waals surface area contributed by atoms with Gasteiger partial charge >= 0.3 is 0 Å². The average molecular weight is 271 g/mol. The van der Waals surface area contributed by atoms with Crippen molar-refractivity contribution in [1.29, 1.82) is 5.26 Å². The first-order valence-corrected chi connectivity index (χ1v) is 5.31. The van der Waals surface area contributed by atoms with Crippen LogP contribution < -0.4 is 0 Å². The molecule has 0 aromatic carbocycles. The fourth-order valence-electron chi connectivity index (χ4n) is 1.32. The highest BCUT2D eigenvalue weighted by molar-refractivity contribution is 9.12. The molecule has 0 bridgehead atoms. The first-order valence-electron chi connectivity index (χ1n) is 4.51. The van der Waals surface area contributed by atoms with Crippen LogP contribution >= 0.6 is 15.9 Å². The summed E-state index contributed by atoms with van der Waals surface area (Å²) in [6.07, 6.45) is 1.19. The number of hydrogen-bond acceptors (Lipinski definition) is 3. The van der Waals surface area contributed by atoms with Crippen molar-refractivity contribution < 1.29 is 9.59 Å². The van der Waals surface area contributed by atoms with Crippen molar-refractivity contribution in [2.24, 2.45) is 5.92 Å². The van der Waals surface area contributed by atoms with Crippen LogP contribution in [0.25, 0.3) is 0 Å². The predicted octanol–water partition coefficient (Wildman–Crippen LogP) is 1.57. The van der Waals surface area contributed by atoms with Gasteiger partial charge in [0.2, 0.25) is 0 Å². The van der Waals surface area contributed by atoms with Gasteiger partial charge in [0.05, 0.1) is 10.6 Å². The molecule has 1 atom stereocenters. The Hall–Kier alpha value is -1.15. The SMILES string of the molecule is CC(C)C(C)(C#N)N1C(=O)C=C(Br)C1=O. The zero-order valence-corrected chi connectivity index (χ0v) is 10.3. The molecule has 0 spiro atoms. The number of rotatable bonds is 2. The van der Waals surface area contributed by atoms with E-state index in [1.165, 1.54) is 6.08 Å². The molecule has 0 aromatic heterocycles. The Morgan fingerprint density at radius 3 is 2.33 bits per heavy atom. The number of amides is 2. The minimum atomic E-state index is -1.10. The highest BCUT2D eigenvalue weighted by Gasteiger charge is 2.45. The van der Waals surface area contributed by atoms with Crippen molar-refractivity contribution in [3.05, 3.63) is 10.6 Å². The molecule has 4 nitrogen and oxygen atoms in total. The van der Waals surface area contributed by atoms with Gasteiger partial charge in [-0.05, 0) is 28.8 Å². The van der Waals surface area contributed by atoms with Crippen LogP contribution in [0.5, 0.6) is 0 Å². The molecule has 1 aliphatic rings. The number of nitriles is 1. The second kappa shape index (κ2) is 3.78. The van der Waals surface area contributed by atoms with Gasteiger partial charge in [-0.2, -0.15) is 5.26 Å². The smallest absolute Gasteiger partial charge is 0.269 e. The molecule has 0 aromatic rings. The molecule has 1 heterocycles. The fraction of sp³-hybridized carbons (Fsp3) is 0.500. The summed E-state index contributed by atoms with van der Waals surface area (Å²) in [6, 6.07) is 2.03.